The van der Waals surface area contributed by atoms with Crippen LogP contribution in [0.3, 0.4) is 0 Å². The minimum absolute atomic E-state index is 0.389. The van der Waals surface area contributed by atoms with Crippen LogP contribution in [0.5, 0.6) is 0 Å². The van der Waals surface area contributed by atoms with E-state index in [-0.39, 0.29) is 0 Å². The van der Waals surface area contributed by atoms with Crippen molar-refractivity contribution in [3.05, 3.63) is 24.5 Å². The van der Waals surface area contributed by atoms with E-state index in [1.807, 2.05) is 16.8 Å². The average molecular weight is 273 g/mol. The molecule has 0 unspecified atom stereocenters. The average Bonchev–Trinajstić information content (AvgIpc) is 2.93. The smallest absolute Gasteiger partial charge is 0.157 e. The summed E-state index contributed by atoms with van der Waals surface area (Å²) in [6.45, 7) is 3.27. The molecular weight excluding hydrogens is 250 g/mol. The first-order chi connectivity index (χ1) is 9.78. The zero-order valence-corrected chi connectivity index (χ0v) is 12.1. The first-order valence-electron chi connectivity index (χ1n) is 7.60. The summed E-state index contributed by atoms with van der Waals surface area (Å²) in [7, 11) is 0. The second kappa shape index (κ2) is 5.79. The molecule has 108 valence electrons. The Kier molecular flexibility index (Phi) is 3.87. The molecule has 2 aromatic rings. The molecule has 0 radical (unpaired) electrons. The Morgan fingerprint density at radius 1 is 1.30 bits per heavy atom. The summed E-state index contributed by atoms with van der Waals surface area (Å²) >= 11 is 0. The molecule has 0 atom stereocenters. The van der Waals surface area contributed by atoms with Gasteiger partial charge in [-0.3, -0.25) is 0 Å². The van der Waals surface area contributed by atoms with Gasteiger partial charge in [0.2, 0.25) is 0 Å². The van der Waals surface area contributed by atoms with Crippen LogP contribution in [-0.2, 0) is 0 Å². The van der Waals surface area contributed by atoms with E-state index in [0.29, 0.717) is 12.1 Å². The first kappa shape index (κ1) is 13.4. The minimum atomic E-state index is 0.389. The number of aromatic nitrogens is 3. The van der Waals surface area contributed by atoms with Crippen LogP contribution in [0.2, 0.25) is 0 Å². The summed E-state index contributed by atoms with van der Waals surface area (Å²) in [5, 5.41) is 4.21. The van der Waals surface area contributed by atoms with E-state index in [0.717, 1.165) is 37.3 Å². The van der Waals surface area contributed by atoms with Crippen LogP contribution < -0.4 is 10.6 Å². The van der Waals surface area contributed by atoms with Crippen molar-refractivity contribution in [2.24, 2.45) is 5.73 Å². The van der Waals surface area contributed by atoms with Gasteiger partial charge < -0.3 is 10.6 Å². The summed E-state index contributed by atoms with van der Waals surface area (Å²) in [6.07, 6.45) is 9.51. The maximum absolute atomic E-state index is 6.02. The molecule has 5 nitrogen and oxygen atoms in total. The lowest BCUT2D eigenvalue weighted by atomic mass is 9.90. The quantitative estimate of drug-likeness (QED) is 0.928. The standard InChI is InChI=1S/C15H23N5/c1-2-10-19(13-5-3-12(16)4-6-13)14-8-11-20-15(18-14)7-9-17-20/h7-9,11-13H,2-6,10,16H2,1H3. The molecule has 2 N–H and O–H groups in total. The van der Waals surface area contributed by atoms with Gasteiger partial charge in [-0.15, -0.1) is 0 Å². The number of rotatable bonds is 4. The summed E-state index contributed by atoms with van der Waals surface area (Å²) in [5.74, 6) is 1.07. The third-order valence-electron chi connectivity index (χ3n) is 4.18. The molecule has 0 bridgehead atoms. The van der Waals surface area contributed by atoms with Crippen molar-refractivity contribution < 1.29 is 0 Å². The van der Waals surface area contributed by atoms with Gasteiger partial charge in [0.15, 0.2) is 5.65 Å². The van der Waals surface area contributed by atoms with Crippen molar-refractivity contribution in [2.45, 2.75) is 51.1 Å². The van der Waals surface area contributed by atoms with Gasteiger partial charge in [0.1, 0.15) is 5.82 Å². The largest absolute Gasteiger partial charge is 0.354 e. The number of anilines is 1. The number of nitrogens with two attached hydrogens (primary N) is 1. The Morgan fingerprint density at radius 3 is 2.85 bits per heavy atom. The predicted octanol–water partition coefficient (Wildman–Crippen LogP) is 2.22. The number of fused-ring (bicyclic) bond motifs is 1. The van der Waals surface area contributed by atoms with Crippen molar-refractivity contribution >= 4 is 11.5 Å². The minimum Gasteiger partial charge on any atom is -0.354 e. The Bertz CT molecular complexity index is 556. The lowest BCUT2D eigenvalue weighted by molar-refractivity contribution is 0.374. The zero-order chi connectivity index (χ0) is 13.9. The zero-order valence-electron chi connectivity index (χ0n) is 12.1. The van der Waals surface area contributed by atoms with E-state index >= 15 is 0 Å². The molecular formula is C15H23N5. The van der Waals surface area contributed by atoms with Crippen molar-refractivity contribution in [1.82, 2.24) is 14.6 Å². The molecule has 5 heteroatoms. The fourth-order valence-corrected chi connectivity index (χ4v) is 3.10. The summed E-state index contributed by atoms with van der Waals surface area (Å²) < 4.78 is 1.81. The van der Waals surface area contributed by atoms with E-state index in [1.54, 1.807) is 6.20 Å². The fraction of sp³-hybridized carbons (Fsp3) is 0.600. The van der Waals surface area contributed by atoms with Crippen LogP contribution in [0.4, 0.5) is 5.82 Å². The Balaban J connectivity index is 1.85. The molecule has 0 amide bonds. The van der Waals surface area contributed by atoms with Crippen LogP contribution in [-0.4, -0.2) is 33.2 Å². The van der Waals surface area contributed by atoms with Gasteiger partial charge in [-0.05, 0) is 38.2 Å². The molecule has 0 aromatic carbocycles. The predicted molar refractivity (Wildman–Crippen MR) is 80.9 cm³/mol. The summed E-state index contributed by atoms with van der Waals surface area (Å²) in [4.78, 5) is 7.20. The van der Waals surface area contributed by atoms with Gasteiger partial charge in [0.25, 0.3) is 0 Å². The third kappa shape index (κ3) is 2.63. The van der Waals surface area contributed by atoms with E-state index in [4.69, 9.17) is 10.7 Å². The van der Waals surface area contributed by atoms with Gasteiger partial charge in [0.05, 0.1) is 6.20 Å². The van der Waals surface area contributed by atoms with Crippen LogP contribution in [0.1, 0.15) is 39.0 Å². The number of hydrogen-bond acceptors (Lipinski definition) is 4. The van der Waals surface area contributed by atoms with Crippen LogP contribution in [0.15, 0.2) is 24.5 Å². The van der Waals surface area contributed by atoms with Gasteiger partial charge in [-0.1, -0.05) is 6.92 Å². The third-order valence-corrected chi connectivity index (χ3v) is 4.18. The Labute approximate surface area is 119 Å². The fourth-order valence-electron chi connectivity index (χ4n) is 3.10. The highest BCUT2D eigenvalue weighted by atomic mass is 15.3. The van der Waals surface area contributed by atoms with Crippen LogP contribution in [0, 0.1) is 0 Å². The summed E-state index contributed by atoms with van der Waals surface area (Å²) in [6, 6.07) is 4.99. The highest BCUT2D eigenvalue weighted by Crippen LogP contribution is 2.26. The Hall–Kier alpha value is -1.62. The van der Waals surface area contributed by atoms with Crippen molar-refractivity contribution in [1.29, 1.82) is 0 Å². The molecule has 1 fully saturated rings. The van der Waals surface area contributed by atoms with E-state index in [2.05, 4.69) is 23.0 Å². The lowest BCUT2D eigenvalue weighted by Gasteiger charge is -2.36. The van der Waals surface area contributed by atoms with Gasteiger partial charge in [0, 0.05) is 30.9 Å². The number of hydrogen-bond donors (Lipinski definition) is 1. The molecule has 1 aliphatic rings. The van der Waals surface area contributed by atoms with Gasteiger partial charge >= 0.3 is 0 Å². The van der Waals surface area contributed by atoms with Crippen LogP contribution >= 0.6 is 0 Å². The lowest BCUT2D eigenvalue weighted by Crippen LogP contribution is -2.41. The van der Waals surface area contributed by atoms with Gasteiger partial charge in [-0.2, -0.15) is 5.10 Å². The molecule has 2 aromatic heterocycles. The van der Waals surface area contributed by atoms with E-state index in [1.165, 1.54) is 12.8 Å². The highest BCUT2D eigenvalue weighted by molar-refractivity contribution is 5.48. The molecule has 1 saturated carbocycles. The van der Waals surface area contributed by atoms with Crippen LogP contribution in [0.25, 0.3) is 5.65 Å². The Morgan fingerprint density at radius 2 is 2.10 bits per heavy atom. The first-order valence-corrected chi connectivity index (χ1v) is 7.60. The SMILES string of the molecule is CCCN(c1ccn2nccc2n1)C1CCC(N)CC1. The topological polar surface area (TPSA) is 59.5 Å². The van der Waals surface area contributed by atoms with Crippen molar-refractivity contribution in [3.63, 3.8) is 0 Å². The normalized spacial score (nSPS) is 23.1. The van der Waals surface area contributed by atoms with Crippen molar-refractivity contribution in [2.75, 3.05) is 11.4 Å². The van der Waals surface area contributed by atoms with Gasteiger partial charge in [-0.25, -0.2) is 9.50 Å². The molecule has 20 heavy (non-hydrogen) atoms. The number of nitrogens with zero attached hydrogens (tertiary/aromatic N) is 4. The van der Waals surface area contributed by atoms with Crippen molar-refractivity contribution in [3.8, 4) is 0 Å². The molecule has 0 spiro atoms. The van der Waals surface area contributed by atoms with E-state index < -0.39 is 0 Å². The highest BCUT2D eigenvalue weighted by Gasteiger charge is 2.24. The maximum Gasteiger partial charge on any atom is 0.157 e. The molecule has 3 rings (SSSR count). The molecule has 0 aliphatic heterocycles. The molecule has 1 aliphatic carbocycles. The second-order valence-electron chi connectivity index (χ2n) is 5.68. The molecule has 2 heterocycles. The summed E-state index contributed by atoms with van der Waals surface area (Å²) in [5.41, 5.74) is 6.94. The second-order valence-corrected chi connectivity index (χ2v) is 5.68. The maximum atomic E-state index is 6.02. The van der Waals surface area contributed by atoms with E-state index in [9.17, 15) is 0 Å². The molecule has 0 saturated heterocycles. The monoisotopic (exact) mass is 273 g/mol.